The van der Waals surface area contributed by atoms with Crippen LogP contribution in [0.2, 0.25) is 5.02 Å². The molecule has 0 saturated carbocycles. The van der Waals surface area contributed by atoms with Crippen molar-refractivity contribution in [2.45, 2.75) is 20.4 Å². The summed E-state index contributed by atoms with van der Waals surface area (Å²) in [5, 5.41) is 8.13. The van der Waals surface area contributed by atoms with E-state index in [1.54, 1.807) is 41.9 Å². The maximum Gasteiger partial charge on any atom is 0.328 e. The summed E-state index contributed by atoms with van der Waals surface area (Å²) in [6.45, 7) is 3.80. The van der Waals surface area contributed by atoms with Gasteiger partial charge in [0.15, 0.2) is 0 Å². The zero-order valence-corrected chi connectivity index (χ0v) is 17.0. The van der Waals surface area contributed by atoms with E-state index in [4.69, 9.17) is 11.6 Å². The fourth-order valence-corrected chi connectivity index (χ4v) is 3.45. The minimum Gasteiger partial charge on any atom is -0.307 e. The van der Waals surface area contributed by atoms with Gasteiger partial charge in [0.1, 0.15) is 5.82 Å². The van der Waals surface area contributed by atoms with E-state index in [1.165, 1.54) is 12.1 Å². The topological polar surface area (TPSA) is 102 Å². The summed E-state index contributed by atoms with van der Waals surface area (Å²) < 4.78 is 2.69. The number of H-pyrrole nitrogens is 1. The number of fused-ring (bicyclic) bond motifs is 1. The quantitative estimate of drug-likeness (QED) is 0.526. The van der Waals surface area contributed by atoms with Gasteiger partial charge in [-0.1, -0.05) is 17.7 Å². The predicted octanol–water partition coefficient (Wildman–Crippen LogP) is 3.11. The first-order valence-corrected chi connectivity index (χ1v) is 9.66. The van der Waals surface area contributed by atoms with Gasteiger partial charge in [0.2, 0.25) is 0 Å². The Morgan fingerprint density at radius 2 is 1.97 bits per heavy atom. The summed E-state index contributed by atoms with van der Waals surface area (Å²) in [6.07, 6.45) is 0. The molecule has 152 valence electrons. The van der Waals surface area contributed by atoms with Crippen molar-refractivity contribution in [1.29, 1.82) is 0 Å². The van der Waals surface area contributed by atoms with Crippen LogP contribution in [0.15, 0.2) is 58.1 Å². The Kier molecular flexibility index (Phi) is 5.01. The van der Waals surface area contributed by atoms with Gasteiger partial charge < -0.3 is 10.3 Å². The van der Waals surface area contributed by atoms with Gasteiger partial charge in [0, 0.05) is 23.2 Å². The average Bonchev–Trinajstić information content (AvgIpc) is 3.08. The van der Waals surface area contributed by atoms with Crippen molar-refractivity contribution in [2.75, 3.05) is 5.32 Å². The summed E-state index contributed by atoms with van der Waals surface area (Å²) >= 11 is 6.07. The van der Waals surface area contributed by atoms with E-state index >= 15 is 0 Å². The van der Waals surface area contributed by atoms with Gasteiger partial charge in [-0.15, -0.1) is 0 Å². The molecule has 4 rings (SSSR count). The van der Waals surface area contributed by atoms with E-state index in [0.717, 1.165) is 4.57 Å². The number of amides is 1. The van der Waals surface area contributed by atoms with Crippen molar-refractivity contribution < 1.29 is 4.79 Å². The zero-order chi connectivity index (χ0) is 21.4. The Hall–Kier alpha value is -3.65. The Balaban J connectivity index is 1.71. The molecule has 2 heterocycles. The van der Waals surface area contributed by atoms with Crippen molar-refractivity contribution in [3.8, 4) is 5.69 Å². The summed E-state index contributed by atoms with van der Waals surface area (Å²) in [6, 6.07) is 13.4. The van der Waals surface area contributed by atoms with E-state index in [0.29, 0.717) is 38.7 Å². The molecule has 0 unspecified atom stereocenters. The second kappa shape index (κ2) is 7.64. The summed E-state index contributed by atoms with van der Waals surface area (Å²) in [4.78, 5) is 40.0. The molecule has 0 radical (unpaired) electrons. The predicted molar refractivity (Wildman–Crippen MR) is 116 cm³/mol. The lowest BCUT2D eigenvalue weighted by atomic mass is 10.1. The number of carbonyl (C=O) groups excluding carboxylic acids is 1. The largest absolute Gasteiger partial charge is 0.328 e. The number of hydrogen-bond donors (Lipinski definition) is 2. The fourth-order valence-electron chi connectivity index (χ4n) is 3.26. The van der Waals surface area contributed by atoms with Gasteiger partial charge in [-0.05, 0) is 50.2 Å². The first-order chi connectivity index (χ1) is 14.4. The smallest absolute Gasteiger partial charge is 0.307 e. The first-order valence-electron chi connectivity index (χ1n) is 9.28. The molecule has 0 fully saturated rings. The lowest BCUT2D eigenvalue weighted by molar-refractivity contribution is 0.102. The molecular formula is C21H18ClN5O3. The summed E-state index contributed by atoms with van der Waals surface area (Å²) in [5.74, 6) is 0.0651. The van der Waals surface area contributed by atoms with Crippen LogP contribution in [-0.2, 0) is 6.54 Å². The molecule has 4 aromatic rings. The van der Waals surface area contributed by atoms with E-state index in [9.17, 15) is 14.4 Å². The Morgan fingerprint density at radius 3 is 2.70 bits per heavy atom. The summed E-state index contributed by atoms with van der Waals surface area (Å²) in [7, 11) is 0. The molecule has 30 heavy (non-hydrogen) atoms. The van der Waals surface area contributed by atoms with Gasteiger partial charge in [-0.25, -0.2) is 9.48 Å². The molecule has 2 N–H and O–H groups in total. The number of aromatic nitrogens is 4. The van der Waals surface area contributed by atoms with Crippen LogP contribution in [0.4, 0.5) is 5.82 Å². The Labute approximate surface area is 175 Å². The fraction of sp³-hybridized carbons (Fsp3) is 0.143. The molecule has 0 aliphatic carbocycles. The molecule has 1 amide bonds. The highest BCUT2D eigenvalue weighted by molar-refractivity contribution is 6.30. The standard InChI is InChI=1S/C21H18ClN5O3/c1-3-26-20(29)16-8-7-13(10-17(16)23-21(26)30)19(28)24-18-9-12(2)25-27(18)15-6-4-5-14(22)11-15/h4-11H,3H2,1-2H3,(H,23,30)(H,24,28). The van der Waals surface area contributed by atoms with Gasteiger partial charge in [0.25, 0.3) is 11.5 Å². The van der Waals surface area contributed by atoms with Crippen LogP contribution in [0.5, 0.6) is 0 Å². The first kappa shape index (κ1) is 19.7. The number of halogens is 1. The molecular weight excluding hydrogens is 406 g/mol. The highest BCUT2D eigenvalue weighted by Gasteiger charge is 2.15. The zero-order valence-electron chi connectivity index (χ0n) is 16.3. The summed E-state index contributed by atoms with van der Waals surface area (Å²) in [5.41, 5.74) is 1.12. The van der Waals surface area contributed by atoms with Crippen molar-refractivity contribution in [3.05, 3.63) is 85.6 Å². The number of aromatic amines is 1. The maximum absolute atomic E-state index is 12.9. The Morgan fingerprint density at radius 1 is 1.17 bits per heavy atom. The highest BCUT2D eigenvalue weighted by atomic mass is 35.5. The molecule has 8 nitrogen and oxygen atoms in total. The van der Waals surface area contributed by atoms with Crippen LogP contribution >= 0.6 is 11.6 Å². The monoisotopic (exact) mass is 423 g/mol. The van der Waals surface area contributed by atoms with Crippen molar-refractivity contribution >= 4 is 34.2 Å². The minimum atomic E-state index is -0.512. The number of aryl methyl sites for hydroxylation is 1. The van der Waals surface area contributed by atoms with Crippen LogP contribution in [0.3, 0.4) is 0 Å². The molecule has 0 saturated heterocycles. The SMILES string of the molecule is CCn1c(=O)[nH]c2cc(C(=O)Nc3cc(C)nn3-c3cccc(Cl)c3)ccc2c1=O. The van der Waals surface area contributed by atoms with Crippen molar-refractivity contribution in [1.82, 2.24) is 19.3 Å². The third-order valence-corrected chi connectivity index (χ3v) is 4.92. The minimum absolute atomic E-state index is 0.263. The van der Waals surface area contributed by atoms with Crippen LogP contribution in [0, 0.1) is 6.92 Å². The number of nitrogens with zero attached hydrogens (tertiary/aromatic N) is 3. The van der Waals surface area contributed by atoms with Crippen LogP contribution in [0.25, 0.3) is 16.6 Å². The van der Waals surface area contributed by atoms with Crippen LogP contribution in [0.1, 0.15) is 23.0 Å². The third kappa shape index (κ3) is 3.53. The second-order valence-electron chi connectivity index (χ2n) is 6.76. The molecule has 0 bridgehead atoms. The van der Waals surface area contributed by atoms with E-state index in [2.05, 4.69) is 15.4 Å². The molecule has 0 aliphatic rings. The molecule has 0 aliphatic heterocycles. The van der Waals surface area contributed by atoms with E-state index in [-0.39, 0.29) is 6.54 Å². The van der Waals surface area contributed by atoms with Gasteiger partial charge in [-0.2, -0.15) is 5.10 Å². The number of benzene rings is 2. The third-order valence-electron chi connectivity index (χ3n) is 4.69. The van der Waals surface area contributed by atoms with Crippen LogP contribution in [-0.4, -0.2) is 25.2 Å². The van der Waals surface area contributed by atoms with Crippen molar-refractivity contribution in [2.24, 2.45) is 0 Å². The van der Waals surface area contributed by atoms with Gasteiger partial charge in [-0.3, -0.25) is 14.2 Å². The molecule has 2 aromatic carbocycles. The van der Waals surface area contributed by atoms with Crippen molar-refractivity contribution in [3.63, 3.8) is 0 Å². The highest BCUT2D eigenvalue weighted by Crippen LogP contribution is 2.21. The second-order valence-corrected chi connectivity index (χ2v) is 7.19. The lowest BCUT2D eigenvalue weighted by Crippen LogP contribution is -2.34. The molecule has 9 heteroatoms. The van der Waals surface area contributed by atoms with E-state index < -0.39 is 17.2 Å². The Bertz CT molecular complexity index is 1400. The normalized spacial score (nSPS) is 11.0. The maximum atomic E-state index is 12.9. The number of carbonyl (C=O) groups is 1. The number of anilines is 1. The molecule has 0 spiro atoms. The lowest BCUT2D eigenvalue weighted by Gasteiger charge is -2.10. The van der Waals surface area contributed by atoms with Gasteiger partial charge in [0.05, 0.1) is 22.3 Å². The number of nitrogens with one attached hydrogen (secondary N) is 2. The number of rotatable bonds is 4. The molecule has 0 atom stereocenters. The molecule has 2 aromatic heterocycles. The number of hydrogen-bond acceptors (Lipinski definition) is 4. The van der Waals surface area contributed by atoms with Crippen LogP contribution < -0.4 is 16.6 Å². The average molecular weight is 424 g/mol. The van der Waals surface area contributed by atoms with Gasteiger partial charge >= 0.3 is 5.69 Å². The van der Waals surface area contributed by atoms with E-state index in [1.807, 2.05) is 13.0 Å².